The minimum Gasteiger partial charge on any atom is -0.368 e. The number of benzene rings is 1. The fraction of sp³-hybridized carbons (Fsp3) is 0.455. The van der Waals surface area contributed by atoms with E-state index in [4.69, 9.17) is 11.5 Å². The van der Waals surface area contributed by atoms with Crippen LogP contribution in [0.25, 0.3) is 0 Å². The van der Waals surface area contributed by atoms with Crippen LogP contribution >= 0.6 is 0 Å². The van der Waals surface area contributed by atoms with Gasteiger partial charge in [-0.1, -0.05) is 18.2 Å². The van der Waals surface area contributed by atoms with Crippen LogP contribution in [0.1, 0.15) is 6.42 Å². The Balaban J connectivity index is 2.11. The lowest BCUT2D eigenvalue weighted by molar-refractivity contribution is 0.452. The third-order valence-corrected chi connectivity index (χ3v) is 2.64. The van der Waals surface area contributed by atoms with E-state index in [1.165, 1.54) is 5.69 Å². The van der Waals surface area contributed by atoms with Gasteiger partial charge in [-0.05, 0) is 18.6 Å². The third kappa shape index (κ3) is 2.05. The highest BCUT2D eigenvalue weighted by atomic mass is 15.2. The van der Waals surface area contributed by atoms with Crippen LogP contribution in [0.5, 0.6) is 0 Å². The Hall–Kier alpha value is -1.06. The zero-order chi connectivity index (χ0) is 9.97. The third-order valence-electron chi connectivity index (χ3n) is 2.64. The van der Waals surface area contributed by atoms with E-state index in [0.717, 1.165) is 19.5 Å². The first-order valence-electron chi connectivity index (χ1n) is 5.07. The van der Waals surface area contributed by atoms with Gasteiger partial charge in [-0.3, -0.25) is 0 Å². The summed E-state index contributed by atoms with van der Waals surface area (Å²) in [4.78, 5) is 2.26. The minimum atomic E-state index is 0.207. The maximum Gasteiger partial charge on any atom is 0.0367 e. The van der Waals surface area contributed by atoms with Gasteiger partial charge in [0.1, 0.15) is 0 Å². The first-order chi connectivity index (χ1) is 6.75. The number of piperidine rings is 1. The normalized spacial score (nSPS) is 27.7. The van der Waals surface area contributed by atoms with Crippen molar-refractivity contribution in [2.24, 2.45) is 11.5 Å². The van der Waals surface area contributed by atoms with Crippen molar-refractivity contribution in [3.63, 3.8) is 0 Å². The number of para-hydroxylation sites is 1. The summed E-state index contributed by atoms with van der Waals surface area (Å²) in [7, 11) is 0. The van der Waals surface area contributed by atoms with Crippen molar-refractivity contribution in [1.29, 1.82) is 0 Å². The molecule has 1 saturated heterocycles. The molecule has 1 aromatic carbocycles. The van der Waals surface area contributed by atoms with E-state index < -0.39 is 0 Å². The van der Waals surface area contributed by atoms with Gasteiger partial charge in [-0.15, -0.1) is 0 Å². The highest BCUT2D eigenvalue weighted by Crippen LogP contribution is 2.17. The molecule has 2 atom stereocenters. The molecular formula is C11H17N3. The molecule has 0 radical (unpaired) electrons. The molecule has 4 N–H and O–H groups in total. The Morgan fingerprint density at radius 3 is 2.14 bits per heavy atom. The summed E-state index contributed by atoms with van der Waals surface area (Å²) < 4.78 is 0. The first-order valence-corrected chi connectivity index (χ1v) is 5.07. The Morgan fingerprint density at radius 2 is 1.57 bits per heavy atom. The van der Waals surface area contributed by atoms with E-state index in [1.807, 2.05) is 18.2 Å². The van der Waals surface area contributed by atoms with Gasteiger partial charge in [0.05, 0.1) is 0 Å². The molecule has 0 aliphatic carbocycles. The van der Waals surface area contributed by atoms with Gasteiger partial charge in [-0.2, -0.15) is 0 Å². The molecule has 2 rings (SSSR count). The van der Waals surface area contributed by atoms with Crippen LogP contribution in [-0.4, -0.2) is 25.2 Å². The highest BCUT2D eigenvalue weighted by molar-refractivity contribution is 5.46. The molecule has 0 saturated carbocycles. The average molecular weight is 191 g/mol. The molecule has 0 spiro atoms. The number of nitrogens with zero attached hydrogens (tertiary/aromatic N) is 1. The first kappa shape index (κ1) is 9.49. The van der Waals surface area contributed by atoms with Crippen LogP contribution in [0.2, 0.25) is 0 Å². The van der Waals surface area contributed by atoms with Crippen molar-refractivity contribution in [3.05, 3.63) is 30.3 Å². The second-order valence-corrected chi connectivity index (χ2v) is 4.00. The van der Waals surface area contributed by atoms with Crippen molar-refractivity contribution < 1.29 is 0 Å². The molecule has 0 unspecified atom stereocenters. The van der Waals surface area contributed by atoms with E-state index in [2.05, 4.69) is 17.0 Å². The maximum absolute atomic E-state index is 5.93. The molecule has 1 fully saturated rings. The second kappa shape index (κ2) is 3.98. The number of rotatable bonds is 1. The summed E-state index contributed by atoms with van der Waals surface area (Å²) >= 11 is 0. The predicted molar refractivity (Wildman–Crippen MR) is 59.2 cm³/mol. The van der Waals surface area contributed by atoms with Crippen molar-refractivity contribution in [2.45, 2.75) is 18.5 Å². The number of anilines is 1. The smallest absolute Gasteiger partial charge is 0.0367 e. The lowest BCUT2D eigenvalue weighted by Crippen LogP contribution is -2.52. The lowest BCUT2D eigenvalue weighted by Gasteiger charge is -2.36. The molecule has 1 heterocycles. The lowest BCUT2D eigenvalue weighted by atomic mass is 10.0. The summed E-state index contributed by atoms with van der Waals surface area (Å²) in [5.41, 5.74) is 13.1. The monoisotopic (exact) mass is 191 g/mol. The van der Waals surface area contributed by atoms with Gasteiger partial charge >= 0.3 is 0 Å². The van der Waals surface area contributed by atoms with Crippen LogP contribution in [0.3, 0.4) is 0 Å². The topological polar surface area (TPSA) is 55.3 Å². The molecule has 1 aliphatic heterocycles. The number of hydrogen-bond donors (Lipinski definition) is 2. The summed E-state index contributed by atoms with van der Waals surface area (Å²) in [6.45, 7) is 1.83. The maximum atomic E-state index is 5.93. The van der Waals surface area contributed by atoms with Crippen molar-refractivity contribution in [2.75, 3.05) is 18.0 Å². The Labute approximate surface area is 84.7 Å². The Morgan fingerprint density at radius 1 is 1.00 bits per heavy atom. The largest absolute Gasteiger partial charge is 0.368 e. The SMILES string of the molecule is N[C@@H]1C[C@H](N)CN(c2ccccc2)C1. The fourth-order valence-corrected chi connectivity index (χ4v) is 2.03. The van der Waals surface area contributed by atoms with Gasteiger partial charge in [0.25, 0.3) is 0 Å². The second-order valence-electron chi connectivity index (χ2n) is 4.00. The number of nitrogens with two attached hydrogens (primary N) is 2. The van der Waals surface area contributed by atoms with Crippen molar-refractivity contribution >= 4 is 5.69 Å². The molecule has 3 nitrogen and oxygen atoms in total. The summed E-state index contributed by atoms with van der Waals surface area (Å²) in [6.07, 6.45) is 0.934. The van der Waals surface area contributed by atoms with Crippen molar-refractivity contribution in [1.82, 2.24) is 0 Å². The molecule has 0 bridgehead atoms. The van der Waals surface area contributed by atoms with Gasteiger partial charge in [-0.25, -0.2) is 0 Å². The van der Waals surface area contributed by atoms with Gasteiger partial charge in [0.2, 0.25) is 0 Å². The molecule has 0 aromatic heterocycles. The van der Waals surface area contributed by atoms with E-state index in [1.54, 1.807) is 0 Å². The van der Waals surface area contributed by atoms with Crippen LogP contribution < -0.4 is 16.4 Å². The molecule has 76 valence electrons. The van der Waals surface area contributed by atoms with Gasteiger partial charge in [0, 0.05) is 30.9 Å². The zero-order valence-electron chi connectivity index (χ0n) is 8.26. The predicted octanol–water partition coefficient (Wildman–Crippen LogP) is 0.551. The van der Waals surface area contributed by atoms with Crippen LogP contribution in [0.15, 0.2) is 30.3 Å². The minimum absolute atomic E-state index is 0.207. The zero-order valence-corrected chi connectivity index (χ0v) is 8.26. The quantitative estimate of drug-likeness (QED) is 0.681. The molecule has 14 heavy (non-hydrogen) atoms. The molecular weight excluding hydrogens is 174 g/mol. The number of hydrogen-bond acceptors (Lipinski definition) is 3. The van der Waals surface area contributed by atoms with Crippen molar-refractivity contribution in [3.8, 4) is 0 Å². The molecule has 0 amide bonds. The molecule has 1 aromatic rings. The van der Waals surface area contributed by atoms with Crippen LogP contribution in [-0.2, 0) is 0 Å². The van der Waals surface area contributed by atoms with E-state index in [9.17, 15) is 0 Å². The Kier molecular flexibility index (Phi) is 2.70. The van der Waals surface area contributed by atoms with E-state index in [-0.39, 0.29) is 12.1 Å². The van der Waals surface area contributed by atoms with Crippen LogP contribution in [0.4, 0.5) is 5.69 Å². The molecule has 1 aliphatic rings. The van der Waals surface area contributed by atoms with Gasteiger partial charge in [0.15, 0.2) is 0 Å². The fourth-order valence-electron chi connectivity index (χ4n) is 2.03. The van der Waals surface area contributed by atoms with Crippen LogP contribution in [0, 0.1) is 0 Å². The van der Waals surface area contributed by atoms with Gasteiger partial charge < -0.3 is 16.4 Å². The Bertz CT molecular complexity index is 276. The summed E-state index contributed by atoms with van der Waals surface area (Å²) in [6, 6.07) is 10.7. The highest BCUT2D eigenvalue weighted by Gasteiger charge is 2.22. The standard InChI is InChI=1S/C11H17N3/c12-9-6-10(13)8-14(7-9)11-4-2-1-3-5-11/h1-5,9-10H,6-8,12-13H2/t9-,10+. The van der Waals surface area contributed by atoms with E-state index in [0.29, 0.717) is 0 Å². The van der Waals surface area contributed by atoms with E-state index >= 15 is 0 Å². The average Bonchev–Trinajstić information content (AvgIpc) is 2.18. The summed E-state index contributed by atoms with van der Waals surface area (Å²) in [5, 5.41) is 0. The summed E-state index contributed by atoms with van der Waals surface area (Å²) in [5.74, 6) is 0. The molecule has 3 heteroatoms.